The van der Waals surface area contributed by atoms with Gasteiger partial charge in [-0.1, -0.05) is 23.2 Å². The third kappa shape index (κ3) is 3.06. The van der Waals surface area contributed by atoms with Gasteiger partial charge in [-0.25, -0.2) is 13.8 Å². The lowest BCUT2D eigenvalue weighted by Gasteiger charge is -2.15. The largest absolute Gasteiger partial charge is 0.451 e. The van der Waals surface area contributed by atoms with Gasteiger partial charge in [0.2, 0.25) is 0 Å². The highest BCUT2D eigenvalue weighted by molar-refractivity contribution is 9.10. The Labute approximate surface area is 139 Å². The first-order chi connectivity index (χ1) is 10.2. The topological polar surface area (TPSA) is 65.3 Å². The molecule has 0 radical (unpaired) electrons. The first kappa shape index (κ1) is 17.0. The first-order valence-electron chi connectivity index (χ1n) is 5.43. The SMILES string of the molecule is O=[N+]([O-])c1cnc2c(OC(F)C(F)F)c(Br)c(Cl)cc2c1Cl. The number of nitro groups is 1. The highest BCUT2D eigenvalue weighted by Gasteiger charge is 2.26. The minimum absolute atomic E-state index is 0.0256. The van der Waals surface area contributed by atoms with Crippen LogP contribution in [-0.2, 0) is 0 Å². The van der Waals surface area contributed by atoms with E-state index in [9.17, 15) is 23.3 Å². The Morgan fingerprint density at radius 1 is 1.36 bits per heavy atom. The molecule has 0 bridgehead atoms. The molecule has 0 spiro atoms. The molecule has 0 aliphatic rings. The summed E-state index contributed by atoms with van der Waals surface area (Å²) in [5.41, 5.74) is -0.653. The van der Waals surface area contributed by atoms with Gasteiger partial charge in [0.05, 0.1) is 14.4 Å². The lowest BCUT2D eigenvalue weighted by molar-refractivity contribution is -0.384. The number of ether oxygens (including phenoxy) is 1. The second kappa shape index (κ2) is 6.43. The summed E-state index contributed by atoms with van der Waals surface area (Å²) in [6.07, 6.45) is -5.50. The molecule has 1 heterocycles. The second-order valence-electron chi connectivity index (χ2n) is 3.92. The quantitative estimate of drug-likeness (QED) is 0.507. The second-order valence-corrected chi connectivity index (χ2v) is 5.49. The molecule has 1 aromatic carbocycles. The zero-order valence-electron chi connectivity index (χ0n) is 10.2. The van der Waals surface area contributed by atoms with Crippen LogP contribution < -0.4 is 4.74 Å². The van der Waals surface area contributed by atoms with Gasteiger partial charge in [0, 0.05) is 5.39 Å². The number of rotatable bonds is 4. The molecule has 22 heavy (non-hydrogen) atoms. The van der Waals surface area contributed by atoms with E-state index in [0.29, 0.717) is 0 Å². The fraction of sp³-hybridized carbons (Fsp3) is 0.182. The van der Waals surface area contributed by atoms with E-state index in [1.165, 1.54) is 6.07 Å². The summed E-state index contributed by atoms with van der Waals surface area (Å²) >= 11 is 14.7. The van der Waals surface area contributed by atoms with E-state index in [-0.39, 0.29) is 25.4 Å². The van der Waals surface area contributed by atoms with E-state index in [4.69, 9.17) is 23.2 Å². The lowest BCUT2D eigenvalue weighted by Crippen LogP contribution is -2.20. The number of benzene rings is 1. The molecule has 5 nitrogen and oxygen atoms in total. The predicted molar refractivity (Wildman–Crippen MR) is 77.6 cm³/mol. The number of nitrogens with zero attached hydrogens (tertiary/aromatic N) is 2. The molecular weight excluding hydrogens is 416 g/mol. The van der Waals surface area contributed by atoms with E-state index >= 15 is 0 Å². The van der Waals surface area contributed by atoms with Crippen molar-refractivity contribution in [1.82, 2.24) is 4.98 Å². The maximum Gasteiger partial charge on any atom is 0.306 e. The molecule has 0 saturated heterocycles. The van der Waals surface area contributed by atoms with Crippen LogP contribution in [0.5, 0.6) is 5.75 Å². The van der Waals surface area contributed by atoms with Crippen LogP contribution in [0.2, 0.25) is 10.0 Å². The Morgan fingerprint density at radius 3 is 2.55 bits per heavy atom. The third-order valence-corrected chi connectivity index (χ3v) is 4.26. The van der Waals surface area contributed by atoms with Crippen molar-refractivity contribution in [2.75, 3.05) is 0 Å². The molecule has 0 aliphatic heterocycles. The number of aromatic nitrogens is 1. The van der Waals surface area contributed by atoms with Crippen LogP contribution in [0.3, 0.4) is 0 Å². The van der Waals surface area contributed by atoms with Gasteiger partial charge in [0.25, 0.3) is 6.36 Å². The summed E-state index contributed by atoms with van der Waals surface area (Å²) in [5.74, 6) is -0.424. The fourth-order valence-corrected chi connectivity index (χ4v) is 2.46. The molecule has 0 saturated carbocycles. The van der Waals surface area contributed by atoms with Crippen molar-refractivity contribution in [1.29, 1.82) is 0 Å². The molecular formula is C11H4BrCl2F3N2O3. The van der Waals surface area contributed by atoms with Gasteiger partial charge < -0.3 is 4.74 Å². The zero-order chi connectivity index (χ0) is 16.6. The van der Waals surface area contributed by atoms with Crippen molar-refractivity contribution in [3.63, 3.8) is 0 Å². The van der Waals surface area contributed by atoms with Crippen LogP contribution in [0.15, 0.2) is 16.7 Å². The van der Waals surface area contributed by atoms with E-state index in [0.717, 1.165) is 6.20 Å². The minimum atomic E-state index is -3.39. The molecule has 118 valence electrons. The molecule has 0 aliphatic carbocycles. The maximum atomic E-state index is 13.2. The first-order valence-corrected chi connectivity index (χ1v) is 6.98. The van der Waals surface area contributed by atoms with Gasteiger partial charge >= 0.3 is 12.1 Å². The van der Waals surface area contributed by atoms with Crippen LogP contribution in [-0.4, -0.2) is 22.7 Å². The zero-order valence-corrected chi connectivity index (χ0v) is 13.3. The molecule has 2 rings (SSSR count). The predicted octanol–water partition coefficient (Wildman–Crippen LogP) is 5.15. The molecule has 1 aromatic heterocycles. The highest BCUT2D eigenvalue weighted by atomic mass is 79.9. The van der Waals surface area contributed by atoms with Crippen LogP contribution >= 0.6 is 39.1 Å². The molecule has 2 aromatic rings. The summed E-state index contributed by atoms with van der Waals surface area (Å²) in [7, 11) is 0. The summed E-state index contributed by atoms with van der Waals surface area (Å²) in [4.78, 5) is 13.8. The number of fused-ring (bicyclic) bond motifs is 1. The highest BCUT2D eigenvalue weighted by Crippen LogP contribution is 2.43. The van der Waals surface area contributed by atoms with E-state index in [2.05, 4.69) is 25.7 Å². The number of pyridine rings is 1. The maximum absolute atomic E-state index is 13.2. The third-order valence-electron chi connectivity index (χ3n) is 2.55. The number of hydrogen-bond acceptors (Lipinski definition) is 4. The Hall–Kier alpha value is -1.32. The molecule has 1 unspecified atom stereocenters. The standard InChI is InChI=1S/C11H4BrCl2F3N2O3/c12-6-4(13)1-3-7(14)5(19(20)21)2-18-8(3)9(6)22-11(17)10(15)16/h1-2,10-11H. The van der Waals surface area contributed by atoms with E-state index < -0.39 is 29.1 Å². The van der Waals surface area contributed by atoms with Crippen LogP contribution in [0, 0.1) is 10.1 Å². The average Bonchev–Trinajstić information content (AvgIpc) is 2.44. The molecule has 11 heteroatoms. The van der Waals surface area contributed by atoms with Crippen molar-refractivity contribution in [3.8, 4) is 5.75 Å². The molecule has 0 amide bonds. The van der Waals surface area contributed by atoms with Crippen molar-refractivity contribution in [2.45, 2.75) is 12.8 Å². The number of halogens is 6. The Balaban J connectivity index is 2.72. The van der Waals surface area contributed by atoms with Gasteiger partial charge in [0.15, 0.2) is 5.75 Å². The van der Waals surface area contributed by atoms with Crippen LogP contribution in [0.4, 0.5) is 18.9 Å². The van der Waals surface area contributed by atoms with Gasteiger partial charge in [0.1, 0.15) is 16.7 Å². The smallest absolute Gasteiger partial charge is 0.306 e. The summed E-state index contributed by atoms with van der Waals surface area (Å²) in [5, 5.41) is 10.4. The van der Waals surface area contributed by atoms with Gasteiger partial charge in [-0.15, -0.1) is 0 Å². The summed E-state index contributed by atoms with van der Waals surface area (Å²) in [6, 6.07) is 1.23. The Kier molecular flexibility index (Phi) is 4.98. The van der Waals surface area contributed by atoms with Gasteiger partial charge in [-0.05, 0) is 22.0 Å². The van der Waals surface area contributed by atoms with Crippen LogP contribution in [0.1, 0.15) is 0 Å². The fourth-order valence-electron chi connectivity index (χ4n) is 1.61. The normalized spacial score (nSPS) is 12.7. The summed E-state index contributed by atoms with van der Waals surface area (Å²) < 4.78 is 42.3. The summed E-state index contributed by atoms with van der Waals surface area (Å²) in [6.45, 7) is 0. The van der Waals surface area contributed by atoms with Gasteiger partial charge in [-0.2, -0.15) is 4.39 Å². The van der Waals surface area contributed by atoms with Crippen molar-refractivity contribution in [3.05, 3.63) is 36.9 Å². The van der Waals surface area contributed by atoms with Crippen molar-refractivity contribution in [2.24, 2.45) is 0 Å². The van der Waals surface area contributed by atoms with Gasteiger partial charge in [-0.3, -0.25) is 10.1 Å². The number of alkyl halides is 3. The Morgan fingerprint density at radius 2 is 2.00 bits per heavy atom. The van der Waals surface area contributed by atoms with E-state index in [1.54, 1.807) is 0 Å². The van der Waals surface area contributed by atoms with Crippen LogP contribution in [0.25, 0.3) is 10.9 Å². The lowest BCUT2D eigenvalue weighted by atomic mass is 10.2. The minimum Gasteiger partial charge on any atom is -0.451 e. The van der Waals surface area contributed by atoms with E-state index in [1.807, 2.05) is 0 Å². The Bertz CT molecular complexity index is 763. The average molecular weight is 420 g/mol. The molecule has 0 fully saturated rings. The molecule has 1 atom stereocenters. The molecule has 0 N–H and O–H groups in total. The van der Waals surface area contributed by atoms with Crippen molar-refractivity contribution < 1.29 is 22.8 Å². The number of hydrogen-bond donors (Lipinski definition) is 0. The van der Waals surface area contributed by atoms with Crippen molar-refractivity contribution >= 4 is 55.7 Å². The monoisotopic (exact) mass is 418 g/mol.